The molecule has 2 heterocycles. The fourth-order valence-electron chi connectivity index (χ4n) is 1.90. The van der Waals surface area contributed by atoms with Gasteiger partial charge < -0.3 is 14.8 Å². The highest BCUT2D eigenvalue weighted by Gasteiger charge is 2.36. The van der Waals surface area contributed by atoms with Gasteiger partial charge >= 0.3 is 0 Å². The van der Waals surface area contributed by atoms with Crippen molar-refractivity contribution in [1.29, 1.82) is 0 Å². The van der Waals surface area contributed by atoms with Crippen LogP contribution in [0.5, 0.6) is 0 Å². The SMILES string of the molecule is COC1(CNC(=O)C2CSCN2)CCOC1. The van der Waals surface area contributed by atoms with Crippen LogP contribution >= 0.6 is 11.8 Å². The van der Waals surface area contributed by atoms with E-state index in [0.29, 0.717) is 19.8 Å². The summed E-state index contributed by atoms with van der Waals surface area (Å²) in [5.74, 6) is 1.77. The smallest absolute Gasteiger partial charge is 0.238 e. The topological polar surface area (TPSA) is 59.6 Å². The number of amides is 1. The molecule has 2 aliphatic rings. The number of thioether (sulfide) groups is 1. The van der Waals surface area contributed by atoms with Crippen LogP contribution < -0.4 is 10.6 Å². The van der Waals surface area contributed by atoms with Crippen LogP contribution in [0.2, 0.25) is 0 Å². The van der Waals surface area contributed by atoms with Crippen molar-refractivity contribution in [3.63, 3.8) is 0 Å². The molecule has 0 aliphatic carbocycles. The lowest BCUT2D eigenvalue weighted by Gasteiger charge is -2.26. The second kappa shape index (κ2) is 5.35. The van der Waals surface area contributed by atoms with Crippen LogP contribution in [0.25, 0.3) is 0 Å². The standard InChI is InChI=1S/C10H18N2O3S/c1-14-10(2-3-15-6-10)5-11-9(13)8-4-16-7-12-8/h8,12H,2-7H2,1H3,(H,11,13). The molecule has 0 bridgehead atoms. The van der Waals surface area contributed by atoms with Crippen LogP contribution in [0.3, 0.4) is 0 Å². The molecule has 0 saturated carbocycles. The minimum absolute atomic E-state index is 0.0544. The molecule has 16 heavy (non-hydrogen) atoms. The molecule has 0 spiro atoms. The predicted octanol–water partition coefficient (Wildman–Crippen LogP) is -0.429. The van der Waals surface area contributed by atoms with E-state index in [9.17, 15) is 4.79 Å². The summed E-state index contributed by atoms with van der Waals surface area (Å²) in [5.41, 5.74) is -0.318. The van der Waals surface area contributed by atoms with Crippen LogP contribution in [0.1, 0.15) is 6.42 Å². The number of carbonyl (C=O) groups excluding carboxylic acids is 1. The largest absolute Gasteiger partial charge is 0.378 e. The lowest BCUT2D eigenvalue weighted by molar-refractivity contribution is -0.124. The first kappa shape index (κ1) is 12.2. The molecule has 1 amide bonds. The summed E-state index contributed by atoms with van der Waals surface area (Å²) in [6.07, 6.45) is 0.844. The Hall–Kier alpha value is -0.300. The number of ether oxygens (including phenoxy) is 2. The maximum atomic E-state index is 11.8. The van der Waals surface area contributed by atoms with Crippen LogP contribution in [0.4, 0.5) is 0 Å². The minimum atomic E-state index is -0.318. The highest BCUT2D eigenvalue weighted by Crippen LogP contribution is 2.21. The quantitative estimate of drug-likeness (QED) is 0.705. The maximum absolute atomic E-state index is 11.8. The van der Waals surface area contributed by atoms with E-state index in [-0.39, 0.29) is 17.6 Å². The van der Waals surface area contributed by atoms with Crippen LogP contribution in [0.15, 0.2) is 0 Å². The van der Waals surface area contributed by atoms with E-state index in [1.807, 2.05) is 0 Å². The third-order valence-corrected chi connectivity index (χ3v) is 4.06. The molecule has 0 aromatic heterocycles. The lowest BCUT2D eigenvalue weighted by Crippen LogP contribution is -2.50. The first-order chi connectivity index (χ1) is 7.76. The van der Waals surface area contributed by atoms with E-state index in [1.165, 1.54) is 0 Å². The Morgan fingerprint density at radius 2 is 2.62 bits per heavy atom. The summed E-state index contributed by atoms with van der Waals surface area (Å²) >= 11 is 1.75. The van der Waals surface area contributed by atoms with E-state index < -0.39 is 0 Å². The molecule has 0 aromatic carbocycles. The third-order valence-electron chi connectivity index (χ3n) is 3.12. The molecule has 92 valence electrons. The summed E-state index contributed by atoms with van der Waals surface area (Å²) in [6, 6.07) is -0.0544. The van der Waals surface area contributed by atoms with Crippen molar-refractivity contribution >= 4 is 17.7 Å². The summed E-state index contributed by atoms with van der Waals surface area (Å²) < 4.78 is 10.8. The summed E-state index contributed by atoms with van der Waals surface area (Å²) in [5, 5.41) is 6.08. The van der Waals surface area contributed by atoms with E-state index >= 15 is 0 Å². The third kappa shape index (κ3) is 2.68. The zero-order chi connectivity index (χ0) is 11.4. The van der Waals surface area contributed by atoms with Crippen molar-refractivity contribution in [3.05, 3.63) is 0 Å². The Morgan fingerprint density at radius 3 is 3.19 bits per heavy atom. The van der Waals surface area contributed by atoms with Gasteiger partial charge in [0.05, 0.1) is 12.6 Å². The highest BCUT2D eigenvalue weighted by atomic mass is 32.2. The molecule has 5 nitrogen and oxygen atoms in total. The molecule has 2 atom stereocenters. The van der Waals surface area contributed by atoms with Gasteiger partial charge in [0.1, 0.15) is 5.60 Å². The van der Waals surface area contributed by atoms with Gasteiger partial charge in [-0.05, 0) is 0 Å². The van der Waals surface area contributed by atoms with Gasteiger partial charge in [0.15, 0.2) is 0 Å². The molecule has 0 aromatic rings. The molecule has 6 heteroatoms. The number of rotatable bonds is 4. The van der Waals surface area contributed by atoms with Crippen molar-refractivity contribution in [2.24, 2.45) is 0 Å². The zero-order valence-electron chi connectivity index (χ0n) is 9.45. The maximum Gasteiger partial charge on any atom is 0.238 e. The molecule has 2 saturated heterocycles. The fourth-order valence-corrected chi connectivity index (χ4v) is 2.84. The fraction of sp³-hybridized carbons (Fsp3) is 0.900. The van der Waals surface area contributed by atoms with E-state index in [1.54, 1.807) is 18.9 Å². The number of methoxy groups -OCH3 is 1. The van der Waals surface area contributed by atoms with Crippen molar-refractivity contribution < 1.29 is 14.3 Å². The van der Waals surface area contributed by atoms with Crippen molar-refractivity contribution in [1.82, 2.24) is 10.6 Å². The molecule has 2 unspecified atom stereocenters. The van der Waals surface area contributed by atoms with E-state index in [4.69, 9.17) is 9.47 Å². The lowest BCUT2D eigenvalue weighted by atomic mass is 10.0. The number of hydrogen-bond donors (Lipinski definition) is 2. The van der Waals surface area contributed by atoms with Crippen molar-refractivity contribution in [2.75, 3.05) is 38.5 Å². The average molecular weight is 246 g/mol. The second-order valence-electron chi connectivity index (χ2n) is 4.18. The van der Waals surface area contributed by atoms with Gasteiger partial charge in [-0.1, -0.05) is 0 Å². The molecule has 0 radical (unpaired) electrons. The van der Waals surface area contributed by atoms with Crippen LogP contribution in [-0.4, -0.2) is 56.0 Å². The normalized spacial score (nSPS) is 34.2. The van der Waals surface area contributed by atoms with Crippen molar-refractivity contribution in [3.8, 4) is 0 Å². The van der Waals surface area contributed by atoms with Crippen LogP contribution in [-0.2, 0) is 14.3 Å². The van der Waals surface area contributed by atoms with Gasteiger partial charge in [-0.2, -0.15) is 0 Å². The summed E-state index contributed by atoms with van der Waals surface area (Å²) in [6.45, 7) is 1.81. The Bertz CT molecular complexity index is 250. The van der Waals surface area contributed by atoms with Gasteiger partial charge in [-0.15, -0.1) is 11.8 Å². The van der Waals surface area contributed by atoms with Gasteiger partial charge in [0, 0.05) is 38.3 Å². The highest BCUT2D eigenvalue weighted by molar-refractivity contribution is 7.99. The molecular formula is C10H18N2O3S. The number of hydrogen-bond acceptors (Lipinski definition) is 5. The Morgan fingerprint density at radius 1 is 1.75 bits per heavy atom. The Kier molecular flexibility index (Phi) is 4.07. The summed E-state index contributed by atoms with van der Waals surface area (Å²) in [7, 11) is 1.67. The number of nitrogens with one attached hydrogen (secondary N) is 2. The molecule has 2 fully saturated rings. The molecular weight excluding hydrogens is 228 g/mol. The van der Waals surface area contributed by atoms with Gasteiger partial charge in [0.25, 0.3) is 0 Å². The van der Waals surface area contributed by atoms with Crippen molar-refractivity contribution in [2.45, 2.75) is 18.1 Å². The molecule has 2 rings (SSSR count). The molecule has 2 aliphatic heterocycles. The molecule has 2 N–H and O–H groups in total. The second-order valence-corrected chi connectivity index (χ2v) is 5.21. The van der Waals surface area contributed by atoms with Crippen LogP contribution in [0, 0.1) is 0 Å². The first-order valence-electron chi connectivity index (χ1n) is 5.47. The average Bonchev–Trinajstić information content (AvgIpc) is 2.98. The minimum Gasteiger partial charge on any atom is -0.378 e. The monoisotopic (exact) mass is 246 g/mol. The van der Waals surface area contributed by atoms with Gasteiger partial charge in [0.2, 0.25) is 5.91 Å². The van der Waals surface area contributed by atoms with E-state index in [0.717, 1.165) is 18.1 Å². The summed E-state index contributed by atoms with van der Waals surface area (Å²) in [4.78, 5) is 11.8. The zero-order valence-corrected chi connectivity index (χ0v) is 10.3. The Balaban J connectivity index is 1.79. The first-order valence-corrected chi connectivity index (χ1v) is 6.63. The van der Waals surface area contributed by atoms with Gasteiger partial charge in [-0.25, -0.2) is 0 Å². The Labute approximate surface area is 99.6 Å². The van der Waals surface area contributed by atoms with E-state index in [2.05, 4.69) is 10.6 Å². The predicted molar refractivity (Wildman–Crippen MR) is 62.4 cm³/mol. The van der Waals surface area contributed by atoms with Gasteiger partial charge in [-0.3, -0.25) is 10.1 Å². The number of carbonyl (C=O) groups is 1.